The van der Waals surface area contributed by atoms with E-state index >= 15 is 43.9 Å². The summed E-state index contributed by atoms with van der Waals surface area (Å²) in [5.41, 5.74) is 0.891. The Morgan fingerprint density at radius 1 is 0.268 bits per heavy atom. The van der Waals surface area contributed by atoms with Crippen molar-refractivity contribution in [1.29, 1.82) is 0 Å². The average molecular weight is 1290 g/mol. The van der Waals surface area contributed by atoms with Gasteiger partial charge in [-0.25, -0.2) is 43.9 Å². The maximum atomic E-state index is 17.5. The Hall–Kier alpha value is -12.0. The summed E-state index contributed by atoms with van der Waals surface area (Å²) in [6.45, 7) is 7.61. The Balaban J connectivity index is 0.995. The van der Waals surface area contributed by atoms with Crippen LogP contribution in [0.15, 0.2) is 274 Å². The number of benzene rings is 13. The second-order valence-electron chi connectivity index (χ2n) is 23.6. The molecule has 0 heterocycles. The largest absolute Gasteiger partial charge is 0.457 e. The van der Waals surface area contributed by atoms with Crippen LogP contribution in [0.25, 0.3) is 56.7 Å². The lowest BCUT2D eigenvalue weighted by molar-refractivity contribution is 0.363. The molecule has 0 radical (unpaired) electrons. The maximum Gasteiger partial charge on any atom is 0.200 e. The first-order valence-electron chi connectivity index (χ1n) is 30.7. The topological polar surface area (TPSA) is 21.7 Å². The third-order valence-corrected chi connectivity index (χ3v) is 18.4. The highest BCUT2D eigenvalue weighted by atomic mass is 19.2. The minimum Gasteiger partial charge on any atom is -0.457 e. The lowest BCUT2D eigenvalue weighted by Gasteiger charge is -2.36. The molecule has 0 amide bonds. The summed E-state index contributed by atoms with van der Waals surface area (Å²) in [4.78, 5) is 1.74. The number of anilines is 3. The quantitative estimate of drug-likeness (QED) is 0.0580. The molecular weight excluding hydrogens is 1240 g/mol. The molecule has 0 saturated heterocycles. The van der Waals surface area contributed by atoms with Crippen LogP contribution in [0.2, 0.25) is 0 Å². The summed E-state index contributed by atoms with van der Waals surface area (Å²) in [5, 5.41) is 0. The fourth-order valence-electron chi connectivity index (χ4n) is 14.1. The molecule has 2 unspecified atom stereocenters. The molecule has 0 spiro atoms. The minimum atomic E-state index is -2.36. The van der Waals surface area contributed by atoms with E-state index in [-0.39, 0.29) is 56.3 Å². The van der Waals surface area contributed by atoms with Crippen LogP contribution in [0.5, 0.6) is 23.0 Å². The first-order valence-corrected chi connectivity index (χ1v) is 30.7. The molecule has 0 saturated carbocycles. The zero-order valence-electron chi connectivity index (χ0n) is 50.9. The number of hydrogen-bond donors (Lipinski definition) is 0. The first kappa shape index (κ1) is 61.2. The van der Waals surface area contributed by atoms with Gasteiger partial charge in [-0.05, 0) is 180 Å². The van der Waals surface area contributed by atoms with Gasteiger partial charge >= 0.3 is 0 Å². The van der Waals surface area contributed by atoms with Gasteiger partial charge in [-0.15, -0.1) is 0 Å². The fraction of sp³-hybridized carbons (Fsp3) is 0.0238. The zero-order valence-corrected chi connectivity index (χ0v) is 50.9. The highest BCUT2D eigenvalue weighted by Crippen LogP contribution is 2.62. The van der Waals surface area contributed by atoms with E-state index in [1.165, 1.54) is 48.5 Å². The van der Waals surface area contributed by atoms with Gasteiger partial charge in [0.25, 0.3) is 0 Å². The van der Waals surface area contributed by atoms with Gasteiger partial charge in [0.1, 0.15) is 23.0 Å². The number of fused-ring (bicyclic) bond motifs is 6. The first-order chi connectivity index (χ1) is 47.1. The third kappa shape index (κ3) is 9.82. The molecule has 15 rings (SSSR count). The molecule has 3 nitrogen and oxygen atoms in total. The van der Waals surface area contributed by atoms with Crippen molar-refractivity contribution < 1.29 is 53.4 Å². The highest BCUT2D eigenvalue weighted by Gasteiger charge is 2.53. The van der Waals surface area contributed by atoms with Gasteiger partial charge < -0.3 is 14.4 Å². The van der Waals surface area contributed by atoms with E-state index < -0.39 is 80.1 Å². The molecule has 13 heteroatoms. The normalized spacial score (nSPS) is 14.9. The smallest absolute Gasteiger partial charge is 0.200 e. The maximum absolute atomic E-state index is 17.5. The molecule has 13 aromatic carbocycles. The van der Waals surface area contributed by atoms with Crippen molar-refractivity contribution in [3.8, 4) is 67.5 Å². The molecule has 2 aliphatic carbocycles. The van der Waals surface area contributed by atoms with E-state index in [9.17, 15) is 0 Å². The predicted octanol–water partition coefficient (Wildman–Crippen LogP) is 23.5. The Kier molecular flexibility index (Phi) is 15.2. The lowest BCUT2D eigenvalue weighted by atomic mass is 9.67. The van der Waals surface area contributed by atoms with Crippen LogP contribution in [-0.4, -0.2) is 0 Å². The van der Waals surface area contributed by atoms with Gasteiger partial charge in [0.2, 0.25) is 11.6 Å². The van der Waals surface area contributed by atoms with E-state index in [0.717, 1.165) is 27.8 Å². The fourth-order valence-corrected chi connectivity index (χ4v) is 14.1. The average Bonchev–Trinajstić information content (AvgIpc) is 1.58. The summed E-state index contributed by atoms with van der Waals surface area (Å²) in [7, 11) is 0. The molecule has 0 N–H and O–H groups in total. The van der Waals surface area contributed by atoms with Gasteiger partial charge in [-0.3, -0.25) is 0 Å². The van der Waals surface area contributed by atoms with Crippen LogP contribution in [-0.2, 0) is 10.8 Å². The van der Waals surface area contributed by atoms with Gasteiger partial charge in [0, 0.05) is 28.2 Å². The summed E-state index contributed by atoms with van der Waals surface area (Å²) < 4.78 is 179. The molecule has 0 bridgehead atoms. The Labute approximate surface area is 551 Å². The van der Waals surface area contributed by atoms with Crippen LogP contribution in [0.1, 0.15) is 55.6 Å². The Morgan fingerprint density at radius 3 is 1.00 bits per heavy atom. The van der Waals surface area contributed by atoms with E-state index in [4.69, 9.17) is 9.47 Å². The number of hydrogen-bond acceptors (Lipinski definition) is 3. The SMILES string of the molecule is C=Cc1ccc(Oc2ccc(C3(c4c(F)c(F)c(F)c(F)c4F)c4ccccc4-c4ccc(N(c5cccc(-c6cccc(-c7ccccc7)c6)c5)c5ccc6c(c5)C(c5ccc(Oc7ccc(C=C)cc7)cc5)(c5c(F)c(F)c(F)c(F)c5F)c5ccccc5-6)cc43)cc2)cc1. The molecule has 97 heavy (non-hydrogen) atoms. The molecule has 0 fully saturated rings. The molecule has 13 aromatic rings. The van der Waals surface area contributed by atoms with Gasteiger partial charge in [-0.2, -0.15) is 0 Å². The standard InChI is InChI=1S/C84H49F10NO2/c1-3-48-24-34-59(35-25-48)96-61-38-28-54(29-39-61)83(71-73(85)77(89)81(93)78(90)74(71)86)67-22-10-8-20-63(67)65-42-32-57(46-69(65)83)95(56-19-13-18-53(45-56)52-17-12-16-51(44-52)50-14-6-5-7-15-50)58-33-43-66-64-21-9-11-23-68(64)84(70(66)47-58,72-75(87)79(91)82(94)80(92)76(72)88)55-30-40-62(41-31-55)97-60-36-26-49(4-2)27-37-60/h3-47H,1-2H2. The van der Waals surface area contributed by atoms with Crippen LogP contribution in [0.3, 0.4) is 0 Å². The second kappa shape index (κ2) is 24.1. The van der Waals surface area contributed by atoms with E-state index in [0.29, 0.717) is 45.0 Å². The second-order valence-corrected chi connectivity index (χ2v) is 23.6. The van der Waals surface area contributed by atoms with Crippen molar-refractivity contribution in [2.24, 2.45) is 0 Å². The third-order valence-electron chi connectivity index (χ3n) is 18.4. The number of halogens is 10. The number of rotatable bonds is 15. The van der Waals surface area contributed by atoms with Crippen LogP contribution in [0.4, 0.5) is 61.0 Å². The van der Waals surface area contributed by atoms with Crippen molar-refractivity contribution in [2.75, 3.05) is 4.90 Å². The monoisotopic (exact) mass is 1290 g/mol. The molecule has 2 aliphatic rings. The lowest BCUT2D eigenvalue weighted by Crippen LogP contribution is -2.33. The molecule has 0 aliphatic heterocycles. The summed E-state index contributed by atoms with van der Waals surface area (Å²) in [6.07, 6.45) is 3.32. The summed E-state index contributed by atoms with van der Waals surface area (Å²) in [6, 6.07) is 74.1. The van der Waals surface area contributed by atoms with Gasteiger partial charge in [0.15, 0.2) is 46.5 Å². The molecule has 2 atom stereocenters. The van der Waals surface area contributed by atoms with Crippen LogP contribution >= 0.6 is 0 Å². The van der Waals surface area contributed by atoms with Crippen molar-refractivity contribution in [3.63, 3.8) is 0 Å². The van der Waals surface area contributed by atoms with Crippen LogP contribution in [0, 0.1) is 58.2 Å². The van der Waals surface area contributed by atoms with Crippen LogP contribution < -0.4 is 14.4 Å². The van der Waals surface area contributed by atoms with E-state index in [1.807, 2.05) is 66.7 Å². The Morgan fingerprint density at radius 2 is 0.588 bits per heavy atom. The van der Waals surface area contributed by atoms with Gasteiger partial charge in [0.05, 0.1) is 10.8 Å². The van der Waals surface area contributed by atoms with Crippen molar-refractivity contribution >= 4 is 29.2 Å². The minimum absolute atomic E-state index is 0.0723. The zero-order chi connectivity index (χ0) is 67.0. The van der Waals surface area contributed by atoms with E-state index in [2.05, 4.69) is 13.2 Å². The van der Waals surface area contributed by atoms with Crippen molar-refractivity contribution in [1.82, 2.24) is 0 Å². The van der Waals surface area contributed by atoms with Gasteiger partial charge in [-0.1, -0.05) is 195 Å². The number of ether oxygens (including phenoxy) is 2. The number of nitrogens with zero attached hydrogens (tertiary/aromatic N) is 1. The highest BCUT2D eigenvalue weighted by molar-refractivity contribution is 5.93. The summed E-state index contributed by atoms with van der Waals surface area (Å²) in [5.74, 6) is -20.4. The molecule has 0 aromatic heterocycles. The van der Waals surface area contributed by atoms with Crippen molar-refractivity contribution in [3.05, 3.63) is 388 Å². The predicted molar refractivity (Wildman–Crippen MR) is 359 cm³/mol. The van der Waals surface area contributed by atoms with E-state index in [1.54, 1.807) is 163 Å². The molecule has 472 valence electrons. The van der Waals surface area contributed by atoms with Crippen molar-refractivity contribution in [2.45, 2.75) is 10.8 Å². The summed E-state index contributed by atoms with van der Waals surface area (Å²) >= 11 is 0. The molecular formula is C84H49F10NO2. The Bertz CT molecular complexity index is 5000.